The van der Waals surface area contributed by atoms with E-state index >= 15 is 0 Å². The first-order chi connectivity index (χ1) is 15.4. The maximum Gasteiger partial charge on any atom is 0.342 e. The van der Waals surface area contributed by atoms with E-state index in [0.29, 0.717) is 5.56 Å². The third-order valence-electron chi connectivity index (χ3n) is 4.12. The number of carbonyl (C=O) groups excluding carboxylic acids is 3. The van der Waals surface area contributed by atoms with E-state index in [4.69, 9.17) is 9.47 Å². The maximum atomic E-state index is 13.5. The lowest BCUT2D eigenvalue weighted by molar-refractivity contribution is -0.123. The van der Waals surface area contributed by atoms with Crippen LogP contribution in [0.4, 0.5) is 19.3 Å². The number of benzene rings is 3. The van der Waals surface area contributed by atoms with Gasteiger partial charge in [-0.2, -0.15) is 0 Å². The fourth-order valence-corrected chi connectivity index (χ4v) is 2.59. The van der Waals surface area contributed by atoms with Gasteiger partial charge >= 0.3 is 12.0 Å². The Balaban J connectivity index is 1.52. The number of urea groups is 1. The van der Waals surface area contributed by atoms with Crippen molar-refractivity contribution < 1.29 is 32.6 Å². The Morgan fingerprint density at radius 3 is 2.28 bits per heavy atom. The number of para-hydroxylation sites is 2. The quantitative estimate of drug-likeness (QED) is 0.541. The van der Waals surface area contributed by atoms with E-state index in [2.05, 4.69) is 5.32 Å². The number of amides is 3. The fourth-order valence-electron chi connectivity index (χ4n) is 2.59. The molecule has 0 aliphatic rings. The van der Waals surface area contributed by atoms with Gasteiger partial charge in [0.1, 0.15) is 29.6 Å². The van der Waals surface area contributed by atoms with Crippen molar-refractivity contribution in [3.8, 4) is 5.75 Å². The number of nitrogens with one attached hydrogen (secondary N) is 2. The summed E-state index contributed by atoms with van der Waals surface area (Å²) in [4.78, 5) is 36.0. The van der Waals surface area contributed by atoms with Crippen LogP contribution in [-0.2, 0) is 16.1 Å². The summed E-state index contributed by atoms with van der Waals surface area (Å²) in [5, 5.41) is 4.11. The number of carbonyl (C=O) groups is 3. The number of imide groups is 1. The molecule has 0 atom stereocenters. The molecule has 3 amide bonds. The third kappa shape index (κ3) is 6.36. The second kappa shape index (κ2) is 10.7. The van der Waals surface area contributed by atoms with Crippen LogP contribution in [0, 0.1) is 11.6 Å². The van der Waals surface area contributed by atoms with Crippen LogP contribution in [0.25, 0.3) is 0 Å². The number of hydrogen-bond acceptors (Lipinski definition) is 5. The molecule has 0 unspecified atom stereocenters. The van der Waals surface area contributed by atoms with E-state index < -0.39 is 30.3 Å². The summed E-state index contributed by atoms with van der Waals surface area (Å²) in [6, 6.07) is 16.4. The Hall–Kier alpha value is -4.27. The highest BCUT2D eigenvalue weighted by Gasteiger charge is 2.17. The number of halogens is 2. The zero-order valence-corrected chi connectivity index (χ0v) is 16.6. The molecule has 7 nitrogen and oxygen atoms in total. The van der Waals surface area contributed by atoms with Gasteiger partial charge in [-0.05, 0) is 42.0 Å². The molecule has 3 rings (SSSR count). The predicted molar refractivity (Wildman–Crippen MR) is 111 cm³/mol. The molecule has 0 aliphatic heterocycles. The normalized spacial score (nSPS) is 10.2. The molecule has 0 aromatic heterocycles. The van der Waals surface area contributed by atoms with Gasteiger partial charge < -0.3 is 14.8 Å². The minimum atomic E-state index is -0.973. The second-order valence-electron chi connectivity index (χ2n) is 6.47. The summed E-state index contributed by atoms with van der Waals surface area (Å²) >= 11 is 0. The Kier molecular flexibility index (Phi) is 7.47. The molecule has 3 aromatic rings. The summed E-state index contributed by atoms with van der Waals surface area (Å²) in [5.41, 5.74) is 0.648. The van der Waals surface area contributed by atoms with Gasteiger partial charge in [-0.15, -0.1) is 0 Å². The van der Waals surface area contributed by atoms with Gasteiger partial charge in [0, 0.05) is 0 Å². The first kappa shape index (κ1) is 22.4. The molecule has 3 aromatic carbocycles. The van der Waals surface area contributed by atoms with Gasteiger partial charge in [0.2, 0.25) is 0 Å². The second-order valence-corrected chi connectivity index (χ2v) is 6.47. The smallest absolute Gasteiger partial charge is 0.342 e. The molecular weight excluding hydrogens is 422 g/mol. The summed E-state index contributed by atoms with van der Waals surface area (Å²) in [7, 11) is 0. The van der Waals surface area contributed by atoms with E-state index in [-0.39, 0.29) is 29.4 Å². The van der Waals surface area contributed by atoms with Crippen molar-refractivity contribution in [3.05, 3.63) is 95.6 Å². The van der Waals surface area contributed by atoms with Gasteiger partial charge in [-0.1, -0.05) is 36.4 Å². The van der Waals surface area contributed by atoms with Gasteiger partial charge in [0.15, 0.2) is 6.61 Å². The maximum absolute atomic E-state index is 13.5. The highest BCUT2D eigenvalue weighted by Crippen LogP contribution is 2.20. The molecule has 9 heteroatoms. The van der Waals surface area contributed by atoms with E-state index in [1.807, 2.05) is 5.32 Å². The molecule has 0 fully saturated rings. The van der Waals surface area contributed by atoms with E-state index in [9.17, 15) is 23.2 Å². The molecule has 0 aliphatic carbocycles. The summed E-state index contributed by atoms with van der Waals surface area (Å²) in [5.74, 6) is -2.59. The molecule has 0 saturated heterocycles. The Morgan fingerprint density at radius 1 is 0.844 bits per heavy atom. The van der Waals surface area contributed by atoms with Crippen molar-refractivity contribution in [2.75, 3.05) is 11.9 Å². The predicted octanol–water partition coefficient (Wildman–Crippen LogP) is 4.05. The summed E-state index contributed by atoms with van der Waals surface area (Å²) in [6.45, 7) is -0.656. The van der Waals surface area contributed by atoms with E-state index in [1.54, 1.807) is 30.3 Å². The summed E-state index contributed by atoms with van der Waals surface area (Å²) in [6.07, 6.45) is 0. The highest BCUT2D eigenvalue weighted by molar-refractivity contribution is 6.02. The first-order valence-corrected chi connectivity index (χ1v) is 9.41. The van der Waals surface area contributed by atoms with Crippen molar-refractivity contribution >= 4 is 23.6 Å². The van der Waals surface area contributed by atoms with Gasteiger partial charge in [-0.25, -0.2) is 18.4 Å². The Bertz CT molecular complexity index is 1120. The molecule has 0 bridgehead atoms. The number of anilines is 1. The molecule has 0 saturated carbocycles. The van der Waals surface area contributed by atoms with Crippen molar-refractivity contribution in [1.82, 2.24) is 5.32 Å². The fraction of sp³-hybridized carbons (Fsp3) is 0.0870. The van der Waals surface area contributed by atoms with Gasteiger partial charge in [-0.3, -0.25) is 10.1 Å². The Morgan fingerprint density at radius 2 is 1.53 bits per heavy atom. The molecule has 164 valence electrons. The number of rotatable bonds is 7. The Labute approximate surface area is 182 Å². The van der Waals surface area contributed by atoms with Gasteiger partial charge in [0.05, 0.1) is 5.69 Å². The van der Waals surface area contributed by atoms with Crippen LogP contribution in [0.1, 0.15) is 15.9 Å². The lowest BCUT2D eigenvalue weighted by Gasteiger charge is -2.11. The van der Waals surface area contributed by atoms with Crippen LogP contribution in [0.5, 0.6) is 5.75 Å². The van der Waals surface area contributed by atoms with Crippen molar-refractivity contribution in [1.29, 1.82) is 0 Å². The average molecular weight is 440 g/mol. The number of esters is 1. The largest absolute Gasteiger partial charge is 0.488 e. The van der Waals surface area contributed by atoms with E-state index in [0.717, 1.165) is 6.07 Å². The SMILES string of the molecule is O=C(COC(=O)c1ccccc1OCc1ccc(F)cc1)NC(=O)Nc1ccccc1F. The molecule has 0 spiro atoms. The topological polar surface area (TPSA) is 93.7 Å². The van der Waals surface area contributed by atoms with Crippen molar-refractivity contribution in [2.24, 2.45) is 0 Å². The monoisotopic (exact) mass is 440 g/mol. The van der Waals surface area contributed by atoms with Crippen LogP contribution in [0.3, 0.4) is 0 Å². The lowest BCUT2D eigenvalue weighted by Crippen LogP contribution is -2.37. The zero-order valence-electron chi connectivity index (χ0n) is 16.6. The van der Waals surface area contributed by atoms with Crippen LogP contribution < -0.4 is 15.4 Å². The molecule has 0 heterocycles. The van der Waals surface area contributed by atoms with Crippen LogP contribution >= 0.6 is 0 Å². The number of hydrogen-bond donors (Lipinski definition) is 2. The van der Waals surface area contributed by atoms with Crippen LogP contribution in [0.15, 0.2) is 72.8 Å². The molecular formula is C23H18F2N2O5. The zero-order chi connectivity index (χ0) is 22.9. The average Bonchev–Trinajstić information content (AvgIpc) is 2.79. The minimum Gasteiger partial charge on any atom is -0.488 e. The molecule has 0 radical (unpaired) electrons. The number of ether oxygens (including phenoxy) is 2. The van der Waals surface area contributed by atoms with Crippen LogP contribution in [-0.4, -0.2) is 24.5 Å². The minimum absolute atomic E-state index is 0.0678. The van der Waals surface area contributed by atoms with Crippen LogP contribution in [0.2, 0.25) is 0 Å². The first-order valence-electron chi connectivity index (χ1n) is 9.41. The van der Waals surface area contributed by atoms with Crippen molar-refractivity contribution in [3.63, 3.8) is 0 Å². The van der Waals surface area contributed by atoms with Crippen molar-refractivity contribution in [2.45, 2.75) is 6.61 Å². The molecule has 32 heavy (non-hydrogen) atoms. The van der Waals surface area contributed by atoms with Gasteiger partial charge in [0.25, 0.3) is 5.91 Å². The highest BCUT2D eigenvalue weighted by atomic mass is 19.1. The molecule has 2 N–H and O–H groups in total. The standard InChI is InChI=1S/C23H18F2N2O5/c24-16-11-9-15(10-12-16)13-31-20-8-4-1-5-17(20)22(29)32-14-21(28)27-23(30)26-19-7-3-2-6-18(19)25/h1-12H,13-14H2,(H2,26,27,28,30). The third-order valence-corrected chi connectivity index (χ3v) is 4.12. The summed E-state index contributed by atoms with van der Waals surface area (Å²) < 4.78 is 37.1. The van der Waals surface area contributed by atoms with E-state index in [1.165, 1.54) is 36.4 Å². The lowest BCUT2D eigenvalue weighted by atomic mass is 10.2.